The normalized spacial score (nSPS) is 13.6. The van der Waals surface area contributed by atoms with Gasteiger partial charge in [0.1, 0.15) is 5.75 Å². The van der Waals surface area contributed by atoms with E-state index in [1.54, 1.807) is 18.1 Å². The van der Waals surface area contributed by atoms with Crippen LogP contribution in [0.15, 0.2) is 72.8 Å². The van der Waals surface area contributed by atoms with Crippen molar-refractivity contribution in [2.75, 3.05) is 7.11 Å². The molecule has 0 saturated carbocycles. The minimum absolute atomic E-state index is 0.0564. The van der Waals surface area contributed by atoms with E-state index in [1.807, 2.05) is 66.7 Å². The number of hydrogen-bond acceptors (Lipinski definition) is 3. The molecule has 1 aliphatic rings. The van der Waals surface area contributed by atoms with Crippen LogP contribution in [0.3, 0.4) is 0 Å². The van der Waals surface area contributed by atoms with Gasteiger partial charge in [0, 0.05) is 23.7 Å². The van der Waals surface area contributed by atoms with Crippen molar-refractivity contribution in [3.63, 3.8) is 0 Å². The van der Waals surface area contributed by atoms with Crippen LogP contribution in [-0.4, -0.2) is 23.8 Å². The number of rotatable bonds is 7. The number of amides is 2. The molecule has 0 bridgehead atoms. The van der Waals surface area contributed by atoms with Crippen molar-refractivity contribution >= 4 is 23.4 Å². The molecule has 0 radical (unpaired) electrons. The summed E-state index contributed by atoms with van der Waals surface area (Å²) < 4.78 is 5.25. The van der Waals surface area contributed by atoms with Crippen molar-refractivity contribution in [3.8, 4) is 5.75 Å². The standard InChI is InChI=1S/C25H23ClN2O3/c1-31-21-11-9-18(10-12-21)23(28-16-19-6-2-3-8-22(19)25(28)30)14-24(29)27-15-17-5-4-7-20(26)13-17/h2-13,23H,14-16H2,1H3,(H,27,29)/t23-/m1/s1. The summed E-state index contributed by atoms with van der Waals surface area (Å²) in [5.41, 5.74) is 3.48. The minimum atomic E-state index is -0.384. The van der Waals surface area contributed by atoms with Crippen LogP contribution in [0.5, 0.6) is 5.75 Å². The second-order valence-electron chi connectivity index (χ2n) is 7.49. The van der Waals surface area contributed by atoms with Gasteiger partial charge in [-0.2, -0.15) is 0 Å². The van der Waals surface area contributed by atoms with Crippen molar-refractivity contribution < 1.29 is 14.3 Å². The van der Waals surface area contributed by atoms with E-state index in [1.165, 1.54) is 0 Å². The van der Waals surface area contributed by atoms with Gasteiger partial charge in [-0.1, -0.05) is 54.1 Å². The number of benzene rings is 3. The Morgan fingerprint density at radius 3 is 2.58 bits per heavy atom. The van der Waals surface area contributed by atoms with Crippen molar-refractivity contribution in [3.05, 3.63) is 100 Å². The smallest absolute Gasteiger partial charge is 0.255 e. The predicted octanol–water partition coefficient (Wildman–Crippen LogP) is 4.75. The van der Waals surface area contributed by atoms with Crippen LogP contribution in [0.2, 0.25) is 5.02 Å². The number of carbonyl (C=O) groups excluding carboxylic acids is 2. The van der Waals surface area contributed by atoms with Crippen LogP contribution in [0.1, 0.15) is 39.5 Å². The van der Waals surface area contributed by atoms with E-state index in [0.29, 0.717) is 23.7 Å². The Balaban J connectivity index is 1.54. The number of hydrogen-bond donors (Lipinski definition) is 1. The number of ether oxygens (including phenoxy) is 1. The van der Waals surface area contributed by atoms with Gasteiger partial charge >= 0.3 is 0 Å². The molecule has 158 valence electrons. The Hall–Kier alpha value is -3.31. The zero-order valence-electron chi connectivity index (χ0n) is 17.2. The van der Waals surface area contributed by atoms with Crippen molar-refractivity contribution in [2.24, 2.45) is 0 Å². The summed E-state index contributed by atoms with van der Waals surface area (Å²) in [6.07, 6.45) is 0.159. The maximum atomic E-state index is 13.1. The van der Waals surface area contributed by atoms with Gasteiger partial charge in [0.2, 0.25) is 5.91 Å². The molecule has 0 aliphatic carbocycles. The summed E-state index contributed by atoms with van der Waals surface area (Å²) >= 11 is 6.03. The van der Waals surface area contributed by atoms with Gasteiger partial charge in [0.15, 0.2) is 0 Å². The van der Waals surface area contributed by atoms with Crippen LogP contribution < -0.4 is 10.1 Å². The number of nitrogens with zero attached hydrogens (tertiary/aromatic N) is 1. The second kappa shape index (κ2) is 9.23. The van der Waals surface area contributed by atoms with E-state index in [4.69, 9.17) is 16.3 Å². The van der Waals surface area contributed by atoms with E-state index in [0.717, 1.165) is 22.4 Å². The summed E-state index contributed by atoms with van der Waals surface area (Å²) in [5, 5.41) is 3.58. The van der Waals surface area contributed by atoms with Gasteiger partial charge in [0.25, 0.3) is 5.91 Å². The first-order valence-corrected chi connectivity index (χ1v) is 10.5. The Kier molecular flexibility index (Phi) is 6.23. The van der Waals surface area contributed by atoms with Crippen molar-refractivity contribution in [1.82, 2.24) is 10.2 Å². The highest BCUT2D eigenvalue weighted by Crippen LogP contribution is 2.34. The molecule has 1 heterocycles. The van der Waals surface area contributed by atoms with Crippen LogP contribution in [0, 0.1) is 0 Å². The molecule has 0 saturated heterocycles. The molecule has 3 aromatic rings. The topological polar surface area (TPSA) is 58.6 Å². The highest BCUT2D eigenvalue weighted by Gasteiger charge is 2.34. The zero-order valence-corrected chi connectivity index (χ0v) is 17.9. The van der Waals surface area contributed by atoms with Crippen LogP contribution >= 0.6 is 11.6 Å². The van der Waals surface area contributed by atoms with E-state index in [2.05, 4.69) is 5.32 Å². The fourth-order valence-electron chi connectivity index (χ4n) is 3.86. The molecule has 2 amide bonds. The quantitative estimate of drug-likeness (QED) is 0.583. The van der Waals surface area contributed by atoms with Crippen molar-refractivity contribution in [1.29, 1.82) is 0 Å². The molecule has 0 spiro atoms. The van der Waals surface area contributed by atoms with E-state index in [-0.39, 0.29) is 24.3 Å². The van der Waals surface area contributed by atoms with E-state index in [9.17, 15) is 9.59 Å². The molecule has 4 rings (SSSR count). The third kappa shape index (κ3) is 4.72. The molecule has 1 N–H and O–H groups in total. The van der Waals surface area contributed by atoms with Crippen LogP contribution in [-0.2, 0) is 17.9 Å². The summed E-state index contributed by atoms with van der Waals surface area (Å²) in [5.74, 6) is 0.535. The molecular formula is C25H23ClN2O3. The molecule has 1 atom stereocenters. The fourth-order valence-corrected chi connectivity index (χ4v) is 4.07. The lowest BCUT2D eigenvalue weighted by Gasteiger charge is -2.28. The average molecular weight is 435 g/mol. The molecule has 31 heavy (non-hydrogen) atoms. The summed E-state index contributed by atoms with van der Waals surface area (Å²) in [6.45, 7) is 0.857. The Morgan fingerprint density at radius 1 is 1.10 bits per heavy atom. The van der Waals surface area contributed by atoms with E-state index < -0.39 is 0 Å². The van der Waals surface area contributed by atoms with Crippen LogP contribution in [0.25, 0.3) is 0 Å². The van der Waals surface area contributed by atoms with Gasteiger partial charge in [-0.25, -0.2) is 0 Å². The first-order valence-electron chi connectivity index (χ1n) is 10.1. The molecule has 1 aliphatic heterocycles. The van der Waals surface area contributed by atoms with Crippen molar-refractivity contribution in [2.45, 2.75) is 25.6 Å². The highest BCUT2D eigenvalue weighted by atomic mass is 35.5. The number of fused-ring (bicyclic) bond motifs is 1. The molecule has 5 nitrogen and oxygen atoms in total. The minimum Gasteiger partial charge on any atom is -0.497 e. The molecule has 6 heteroatoms. The summed E-state index contributed by atoms with van der Waals surface area (Å²) in [6, 6.07) is 22.1. The summed E-state index contributed by atoms with van der Waals surface area (Å²) in [7, 11) is 1.61. The second-order valence-corrected chi connectivity index (χ2v) is 7.93. The Labute approximate surface area is 186 Å². The molecule has 0 unspecified atom stereocenters. The highest BCUT2D eigenvalue weighted by molar-refractivity contribution is 6.30. The van der Waals surface area contributed by atoms with Crippen LogP contribution in [0.4, 0.5) is 0 Å². The molecule has 0 aromatic heterocycles. The average Bonchev–Trinajstić information content (AvgIpc) is 3.13. The lowest BCUT2D eigenvalue weighted by Crippen LogP contribution is -2.34. The number of nitrogens with one attached hydrogen (secondary N) is 1. The molecule has 3 aromatic carbocycles. The van der Waals surface area contributed by atoms with E-state index >= 15 is 0 Å². The Bertz CT molecular complexity index is 1100. The van der Waals surface area contributed by atoms with Gasteiger partial charge in [-0.15, -0.1) is 0 Å². The number of methoxy groups -OCH3 is 1. The third-order valence-corrected chi connectivity index (χ3v) is 5.72. The maximum absolute atomic E-state index is 13.1. The first-order chi connectivity index (χ1) is 15.0. The monoisotopic (exact) mass is 434 g/mol. The zero-order chi connectivity index (χ0) is 21.8. The Morgan fingerprint density at radius 2 is 1.87 bits per heavy atom. The van der Waals surface area contributed by atoms with Gasteiger partial charge < -0.3 is 15.0 Å². The maximum Gasteiger partial charge on any atom is 0.255 e. The molecular weight excluding hydrogens is 412 g/mol. The predicted molar refractivity (Wildman–Crippen MR) is 120 cm³/mol. The third-order valence-electron chi connectivity index (χ3n) is 5.48. The SMILES string of the molecule is COc1ccc([C@@H](CC(=O)NCc2cccc(Cl)c2)N2Cc3ccccc3C2=O)cc1. The van der Waals surface area contributed by atoms with Gasteiger partial charge in [-0.05, 0) is 47.0 Å². The summed E-state index contributed by atoms with van der Waals surface area (Å²) in [4.78, 5) is 27.7. The van der Waals surface area contributed by atoms with Gasteiger partial charge in [0.05, 0.1) is 19.6 Å². The number of halogens is 1. The van der Waals surface area contributed by atoms with Gasteiger partial charge in [-0.3, -0.25) is 9.59 Å². The lowest BCUT2D eigenvalue weighted by molar-refractivity contribution is -0.122. The number of carbonyl (C=O) groups is 2. The fraction of sp³-hybridized carbons (Fsp3) is 0.200. The molecule has 0 fully saturated rings. The lowest BCUT2D eigenvalue weighted by atomic mass is 10.0. The first kappa shape index (κ1) is 20.9. The largest absolute Gasteiger partial charge is 0.497 e.